The average molecular weight is 618 g/mol. The van der Waals surface area contributed by atoms with Gasteiger partial charge in [0.15, 0.2) is 17.5 Å². The summed E-state index contributed by atoms with van der Waals surface area (Å²) in [6.07, 6.45) is 0. The van der Waals surface area contributed by atoms with Gasteiger partial charge in [-0.3, -0.25) is 0 Å². The topological polar surface area (TPSA) is 38.7 Å². The van der Waals surface area contributed by atoms with Crippen molar-refractivity contribution in [2.24, 2.45) is 0 Å². The van der Waals surface area contributed by atoms with Crippen molar-refractivity contribution < 1.29 is 0 Å². The third-order valence-electron chi connectivity index (χ3n) is 8.76. The number of hydrogen-bond donors (Lipinski definition) is 0. The molecule has 0 bridgehead atoms. The van der Waals surface area contributed by atoms with Crippen LogP contribution in [0.25, 0.3) is 87.4 Å². The van der Waals surface area contributed by atoms with Gasteiger partial charge in [0.25, 0.3) is 0 Å². The molecule has 0 unspecified atom stereocenters. The Balaban J connectivity index is 1.19. The second-order valence-electron chi connectivity index (χ2n) is 11.6. The van der Waals surface area contributed by atoms with Gasteiger partial charge in [-0.1, -0.05) is 152 Å². The van der Waals surface area contributed by atoms with E-state index in [1.54, 1.807) is 0 Å². The van der Waals surface area contributed by atoms with Crippen molar-refractivity contribution in [2.45, 2.75) is 0 Å². The fourth-order valence-corrected chi connectivity index (χ4v) is 7.61. The summed E-state index contributed by atoms with van der Waals surface area (Å²) >= 11 is 1.81. The van der Waals surface area contributed by atoms with Crippen molar-refractivity contribution in [3.05, 3.63) is 164 Å². The summed E-state index contributed by atoms with van der Waals surface area (Å²) in [5, 5.41) is 4.86. The van der Waals surface area contributed by atoms with E-state index in [9.17, 15) is 0 Å². The molecule has 0 saturated heterocycles. The van der Waals surface area contributed by atoms with Gasteiger partial charge in [-0.25, -0.2) is 15.0 Å². The lowest BCUT2D eigenvalue weighted by Gasteiger charge is -2.11. The Kier molecular flexibility index (Phi) is 6.65. The highest BCUT2D eigenvalue weighted by Gasteiger charge is 2.17. The van der Waals surface area contributed by atoms with Crippen molar-refractivity contribution in [3.63, 3.8) is 0 Å². The molecule has 9 rings (SSSR count). The monoisotopic (exact) mass is 617 g/mol. The number of aromatic nitrogens is 3. The van der Waals surface area contributed by atoms with E-state index in [1.165, 1.54) is 47.6 Å². The molecule has 0 radical (unpaired) electrons. The maximum Gasteiger partial charge on any atom is 0.164 e. The molecule has 47 heavy (non-hydrogen) atoms. The number of benzene rings is 7. The highest BCUT2D eigenvalue weighted by molar-refractivity contribution is 7.26. The summed E-state index contributed by atoms with van der Waals surface area (Å²) in [7, 11) is 0. The minimum absolute atomic E-state index is 0.654. The molecule has 0 spiro atoms. The molecule has 0 aliphatic carbocycles. The van der Waals surface area contributed by atoms with Crippen LogP contribution in [0, 0.1) is 0 Å². The van der Waals surface area contributed by atoms with Crippen LogP contribution in [0.4, 0.5) is 0 Å². The van der Waals surface area contributed by atoms with E-state index < -0.39 is 0 Å². The van der Waals surface area contributed by atoms with Crippen molar-refractivity contribution in [1.82, 2.24) is 15.0 Å². The fourth-order valence-electron chi connectivity index (χ4n) is 6.44. The van der Waals surface area contributed by atoms with Gasteiger partial charge in [0.05, 0.1) is 0 Å². The second kappa shape index (κ2) is 11.4. The Morgan fingerprint density at radius 1 is 0.340 bits per heavy atom. The van der Waals surface area contributed by atoms with Gasteiger partial charge in [-0.15, -0.1) is 11.3 Å². The summed E-state index contributed by atoms with van der Waals surface area (Å²) in [6, 6.07) is 57.4. The van der Waals surface area contributed by atoms with E-state index in [2.05, 4.69) is 146 Å². The van der Waals surface area contributed by atoms with Crippen LogP contribution >= 0.6 is 11.3 Å². The SMILES string of the molecule is c1ccc(-c2ccc3c(c2)sc2cccc(-c4nc(-c5ccccc5)nc(-c5ccc(-c6cccc7ccccc67)cc5)n4)c23)cc1. The Labute approximate surface area is 276 Å². The van der Waals surface area contributed by atoms with E-state index in [1.807, 2.05) is 29.5 Å². The minimum Gasteiger partial charge on any atom is -0.208 e. The second-order valence-corrected chi connectivity index (χ2v) is 12.7. The van der Waals surface area contributed by atoms with Crippen molar-refractivity contribution in [3.8, 4) is 56.4 Å². The smallest absolute Gasteiger partial charge is 0.164 e. The number of nitrogens with zero attached hydrogens (tertiary/aromatic N) is 3. The predicted octanol–water partition coefficient (Wildman–Crippen LogP) is 11.7. The quantitative estimate of drug-likeness (QED) is 0.193. The van der Waals surface area contributed by atoms with Gasteiger partial charge in [0, 0.05) is 36.9 Å². The highest BCUT2D eigenvalue weighted by Crippen LogP contribution is 2.41. The van der Waals surface area contributed by atoms with E-state index >= 15 is 0 Å². The third-order valence-corrected chi connectivity index (χ3v) is 9.87. The van der Waals surface area contributed by atoms with E-state index in [-0.39, 0.29) is 0 Å². The Morgan fingerprint density at radius 3 is 1.70 bits per heavy atom. The van der Waals surface area contributed by atoms with Crippen molar-refractivity contribution in [2.75, 3.05) is 0 Å². The molecule has 2 heterocycles. The van der Waals surface area contributed by atoms with Gasteiger partial charge >= 0.3 is 0 Å². The van der Waals surface area contributed by atoms with Gasteiger partial charge in [-0.05, 0) is 45.2 Å². The van der Waals surface area contributed by atoms with Crippen LogP contribution in [-0.4, -0.2) is 15.0 Å². The van der Waals surface area contributed by atoms with Crippen LogP contribution in [-0.2, 0) is 0 Å². The van der Waals surface area contributed by atoms with E-state index in [0.29, 0.717) is 17.5 Å². The van der Waals surface area contributed by atoms with Gasteiger partial charge < -0.3 is 0 Å². The first-order chi connectivity index (χ1) is 23.3. The first kappa shape index (κ1) is 27.3. The minimum atomic E-state index is 0.654. The maximum absolute atomic E-state index is 5.14. The molecule has 0 saturated carbocycles. The normalized spacial score (nSPS) is 11.4. The summed E-state index contributed by atoms with van der Waals surface area (Å²) in [6.45, 7) is 0. The standard InChI is InChI=1S/C43H27N3S/c1-3-11-28(12-4-1)33-25-26-36-39(27-33)47-38-20-10-19-37(40(36)38)43-45-41(31-14-5-2-6-15-31)44-42(46-43)32-23-21-30(22-24-32)35-18-9-16-29-13-7-8-17-34(29)35/h1-27H. The molecule has 9 aromatic rings. The molecule has 0 atom stereocenters. The Hall–Kier alpha value is -5.97. The highest BCUT2D eigenvalue weighted by atomic mass is 32.1. The zero-order valence-corrected chi connectivity index (χ0v) is 26.2. The molecule has 220 valence electrons. The Morgan fingerprint density at radius 2 is 0.915 bits per heavy atom. The first-order valence-corrected chi connectivity index (χ1v) is 16.5. The molecule has 0 aliphatic heterocycles. The molecule has 7 aromatic carbocycles. The molecular weight excluding hydrogens is 591 g/mol. The van der Waals surface area contributed by atoms with Gasteiger partial charge in [0.2, 0.25) is 0 Å². The van der Waals surface area contributed by atoms with Crippen LogP contribution in [0.15, 0.2) is 164 Å². The van der Waals surface area contributed by atoms with Crippen molar-refractivity contribution >= 4 is 42.3 Å². The van der Waals surface area contributed by atoms with Crippen LogP contribution in [0.1, 0.15) is 0 Å². The first-order valence-electron chi connectivity index (χ1n) is 15.7. The molecule has 4 heteroatoms. The van der Waals surface area contributed by atoms with E-state index in [4.69, 9.17) is 15.0 Å². The molecule has 3 nitrogen and oxygen atoms in total. The summed E-state index contributed by atoms with van der Waals surface area (Å²) in [4.78, 5) is 15.2. The lowest BCUT2D eigenvalue weighted by Crippen LogP contribution is -2.00. The summed E-state index contributed by atoms with van der Waals surface area (Å²) < 4.78 is 2.46. The van der Waals surface area contributed by atoms with E-state index in [0.717, 1.165) is 22.3 Å². The molecule has 0 amide bonds. The number of fused-ring (bicyclic) bond motifs is 4. The third kappa shape index (κ3) is 4.96. The van der Waals surface area contributed by atoms with Gasteiger partial charge in [-0.2, -0.15) is 0 Å². The molecule has 2 aromatic heterocycles. The van der Waals surface area contributed by atoms with Crippen LogP contribution in [0.3, 0.4) is 0 Å². The summed E-state index contributed by atoms with van der Waals surface area (Å²) in [5.41, 5.74) is 7.72. The Bertz CT molecular complexity index is 2550. The average Bonchev–Trinajstić information content (AvgIpc) is 3.53. The molecule has 0 N–H and O–H groups in total. The lowest BCUT2D eigenvalue weighted by molar-refractivity contribution is 1.08. The van der Waals surface area contributed by atoms with Gasteiger partial charge in [0.1, 0.15) is 0 Å². The number of rotatable bonds is 5. The fraction of sp³-hybridized carbons (Fsp3) is 0. The largest absolute Gasteiger partial charge is 0.208 e. The molecule has 0 aliphatic rings. The van der Waals surface area contributed by atoms with Crippen LogP contribution in [0.5, 0.6) is 0 Å². The summed E-state index contributed by atoms with van der Waals surface area (Å²) in [5.74, 6) is 1.98. The van der Waals surface area contributed by atoms with Crippen molar-refractivity contribution in [1.29, 1.82) is 0 Å². The number of thiophene rings is 1. The predicted molar refractivity (Wildman–Crippen MR) is 197 cm³/mol. The zero-order valence-electron chi connectivity index (χ0n) is 25.3. The van der Waals surface area contributed by atoms with Crippen LogP contribution < -0.4 is 0 Å². The van der Waals surface area contributed by atoms with Crippen LogP contribution in [0.2, 0.25) is 0 Å². The lowest BCUT2D eigenvalue weighted by atomic mass is 9.97. The number of hydrogen-bond acceptors (Lipinski definition) is 4. The molecule has 0 fully saturated rings. The zero-order chi connectivity index (χ0) is 31.2. The molecular formula is C43H27N3S. The maximum atomic E-state index is 5.14.